The number of nitrogens with zero attached hydrogens (tertiary/aromatic N) is 1. The minimum Gasteiger partial charge on any atom is -0.494 e. The van der Waals surface area contributed by atoms with Gasteiger partial charge in [-0.25, -0.2) is 0 Å². The molecule has 2 amide bonds. The topological polar surface area (TPSA) is 84.7 Å². The number of nitrogens with two attached hydrogens (primary N) is 1. The molecule has 0 saturated carbocycles. The number of carbonyl (C=O) groups excluding carboxylic acids is 2. The summed E-state index contributed by atoms with van der Waals surface area (Å²) in [6, 6.07) is 5.83. The number of ether oxygens (including phenoxy) is 1. The van der Waals surface area contributed by atoms with E-state index in [9.17, 15) is 9.59 Å². The van der Waals surface area contributed by atoms with Gasteiger partial charge in [0.05, 0.1) is 6.61 Å². The molecule has 2 heterocycles. The molecule has 23 heavy (non-hydrogen) atoms. The van der Waals surface area contributed by atoms with Crippen molar-refractivity contribution >= 4 is 17.5 Å². The molecule has 6 nitrogen and oxygen atoms in total. The second-order valence-electron chi connectivity index (χ2n) is 6.21. The molecule has 0 radical (unpaired) electrons. The summed E-state index contributed by atoms with van der Waals surface area (Å²) in [6.45, 7) is 1.96. The van der Waals surface area contributed by atoms with Gasteiger partial charge in [-0.15, -0.1) is 0 Å². The van der Waals surface area contributed by atoms with Crippen LogP contribution < -0.4 is 15.8 Å². The quantitative estimate of drug-likeness (QED) is 0.802. The molecule has 124 valence electrons. The number of carbonyl (C=O) groups is 2. The normalized spacial score (nSPS) is 20.1. The van der Waals surface area contributed by atoms with Crippen LogP contribution in [-0.2, 0) is 16.0 Å². The molecule has 0 bridgehead atoms. The third kappa shape index (κ3) is 4.01. The SMILES string of the molecule is N[C@@H]1CCN(C(=O)CCCOc2ccc3c(c2)CCC(=O)N3)C1. The van der Waals surface area contributed by atoms with Crippen molar-refractivity contribution in [1.82, 2.24) is 4.90 Å². The van der Waals surface area contributed by atoms with Gasteiger partial charge in [0.15, 0.2) is 0 Å². The first-order valence-corrected chi connectivity index (χ1v) is 8.21. The third-order valence-corrected chi connectivity index (χ3v) is 4.35. The molecule has 1 saturated heterocycles. The van der Waals surface area contributed by atoms with E-state index < -0.39 is 0 Å². The Kier molecular flexibility index (Phi) is 4.81. The predicted octanol–water partition coefficient (Wildman–Crippen LogP) is 1.29. The molecule has 1 atom stereocenters. The molecule has 0 aromatic heterocycles. The number of fused-ring (bicyclic) bond motifs is 1. The predicted molar refractivity (Wildman–Crippen MR) is 87.3 cm³/mol. The molecule has 3 rings (SSSR count). The zero-order valence-electron chi connectivity index (χ0n) is 13.2. The molecule has 0 aliphatic carbocycles. The van der Waals surface area contributed by atoms with Gasteiger partial charge in [-0.1, -0.05) is 0 Å². The van der Waals surface area contributed by atoms with Gasteiger partial charge in [-0.05, 0) is 43.0 Å². The number of aryl methyl sites for hydroxylation is 1. The minimum atomic E-state index is 0.0614. The first kappa shape index (κ1) is 15.8. The van der Waals surface area contributed by atoms with Gasteiger partial charge in [0.1, 0.15) is 5.75 Å². The Hall–Kier alpha value is -2.08. The lowest BCUT2D eigenvalue weighted by Gasteiger charge is -2.18. The lowest BCUT2D eigenvalue weighted by molar-refractivity contribution is -0.130. The number of amides is 2. The fraction of sp³-hybridized carbons (Fsp3) is 0.529. The molecule has 2 aliphatic rings. The zero-order chi connectivity index (χ0) is 16.2. The van der Waals surface area contributed by atoms with E-state index in [1.807, 2.05) is 23.1 Å². The Morgan fingerprint density at radius 1 is 1.39 bits per heavy atom. The van der Waals surface area contributed by atoms with Crippen molar-refractivity contribution in [3.8, 4) is 5.75 Å². The molecule has 6 heteroatoms. The maximum absolute atomic E-state index is 12.0. The van der Waals surface area contributed by atoms with Crippen molar-refractivity contribution in [1.29, 1.82) is 0 Å². The van der Waals surface area contributed by atoms with Crippen LogP contribution in [0.15, 0.2) is 18.2 Å². The number of likely N-dealkylation sites (tertiary alicyclic amines) is 1. The first-order valence-electron chi connectivity index (χ1n) is 8.21. The van der Waals surface area contributed by atoms with Crippen molar-refractivity contribution in [2.75, 3.05) is 25.0 Å². The molecule has 1 aromatic carbocycles. The van der Waals surface area contributed by atoms with Crippen molar-refractivity contribution in [3.05, 3.63) is 23.8 Å². The van der Waals surface area contributed by atoms with Crippen LogP contribution in [0.25, 0.3) is 0 Å². The van der Waals surface area contributed by atoms with Gasteiger partial charge < -0.3 is 20.7 Å². The highest BCUT2D eigenvalue weighted by molar-refractivity contribution is 5.94. The summed E-state index contributed by atoms with van der Waals surface area (Å²) in [4.78, 5) is 25.2. The number of hydrogen-bond donors (Lipinski definition) is 2. The average Bonchev–Trinajstić information content (AvgIpc) is 2.98. The number of rotatable bonds is 5. The van der Waals surface area contributed by atoms with Gasteiger partial charge in [0.2, 0.25) is 11.8 Å². The van der Waals surface area contributed by atoms with Crippen LogP contribution in [0.3, 0.4) is 0 Å². The lowest BCUT2D eigenvalue weighted by Crippen LogP contribution is -2.31. The molecular weight excluding hydrogens is 294 g/mol. The van der Waals surface area contributed by atoms with Crippen LogP contribution in [0.4, 0.5) is 5.69 Å². The molecule has 0 unspecified atom stereocenters. The summed E-state index contributed by atoms with van der Waals surface area (Å²) in [7, 11) is 0. The fourth-order valence-corrected chi connectivity index (χ4v) is 3.03. The van der Waals surface area contributed by atoms with E-state index in [4.69, 9.17) is 10.5 Å². The van der Waals surface area contributed by atoms with Crippen molar-refractivity contribution in [2.24, 2.45) is 5.73 Å². The van der Waals surface area contributed by atoms with Gasteiger partial charge >= 0.3 is 0 Å². The first-order chi connectivity index (χ1) is 11.1. The summed E-state index contributed by atoms with van der Waals surface area (Å²) in [5.74, 6) is 1.01. The summed E-state index contributed by atoms with van der Waals surface area (Å²) in [5.41, 5.74) is 7.78. The van der Waals surface area contributed by atoms with Crippen LogP contribution >= 0.6 is 0 Å². The largest absolute Gasteiger partial charge is 0.494 e. The Balaban J connectivity index is 1.42. The Labute approximate surface area is 136 Å². The highest BCUT2D eigenvalue weighted by Crippen LogP contribution is 2.26. The van der Waals surface area contributed by atoms with Gasteiger partial charge in [0.25, 0.3) is 0 Å². The van der Waals surface area contributed by atoms with E-state index in [0.717, 1.165) is 36.4 Å². The second-order valence-corrected chi connectivity index (χ2v) is 6.21. The third-order valence-electron chi connectivity index (χ3n) is 4.35. The maximum atomic E-state index is 12.0. The van der Waals surface area contributed by atoms with Crippen molar-refractivity contribution in [2.45, 2.75) is 38.1 Å². The highest BCUT2D eigenvalue weighted by Gasteiger charge is 2.22. The van der Waals surface area contributed by atoms with Crippen LogP contribution in [-0.4, -0.2) is 42.5 Å². The molecule has 3 N–H and O–H groups in total. The second kappa shape index (κ2) is 7.00. The molecule has 0 spiro atoms. The van der Waals surface area contributed by atoms with Crippen LogP contribution in [0.2, 0.25) is 0 Å². The van der Waals surface area contributed by atoms with Gasteiger partial charge in [-0.3, -0.25) is 9.59 Å². The van der Waals surface area contributed by atoms with Crippen LogP contribution in [0.5, 0.6) is 5.75 Å². The number of anilines is 1. The van der Waals surface area contributed by atoms with Gasteiger partial charge in [0, 0.05) is 37.7 Å². The van der Waals surface area contributed by atoms with Crippen LogP contribution in [0.1, 0.15) is 31.2 Å². The van der Waals surface area contributed by atoms with Crippen molar-refractivity contribution in [3.63, 3.8) is 0 Å². The molecule has 1 aromatic rings. The van der Waals surface area contributed by atoms with E-state index in [1.54, 1.807) is 0 Å². The molecule has 2 aliphatic heterocycles. The molecule has 1 fully saturated rings. The van der Waals surface area contributed by atoms with Crippen LogP contribution in [0, 0.1) is 0 Å². The number of nitrogens with one attached hydrogen (secondary N) is 1. The average molecular weight is 317 g/mol. The fourth-order valence-electron chi connectivity index (χ4n) is 3.03. The standard InChI is InChI=1S/C17H23N3O3/c18-13-7-8-20(11-13)17(22)2-1-9-23-14-4-5-15-12(10-14)3-6-16(21)19-15/h4-5,10,13H,1-3,6-9,11,18H2,(H,19,21)/t13-/m1/s1. The Bertz CT molecular complexity index is 603. The van der Waals surface area contributed by atoms with E-state index in [-0.39, 0.29) is 17.9 Å². The van der Waals surface area contributed by atoms with E-state index in [2.05, 4.69) is 5.32 Å². The van der Waals surface area contributed by atoms with E-state index >= 15 is 0 Å². The summed E-state index contributed by atoms with van der Waals surface area (Å²) in [6.07, 6.45) is 3.34. The van der Waals surface area contributed by atoms with E-state index in [0.29, 0.717) is 32.4 Å². The monoisotopic (exact) mass is 317 g/mol. The zero-order valence-corrected chi connectivity index (χ0v) is 13.2. The van der Waals surface area contributed by atoms with Gasteiger partial charge in [-0.2, -0.15) is 0 Å². The maximum Gasteiger partial charge on any atom is 0.224 e. The Morgan fingerprint density at radius 2 is 2.26 bits per heavy atom. The van der Waals surface area contributed by atoms with E-state index in [1.165, 1.54) is 0 Å². The molecular formula is C17H23N3O3. The van der Waals surface area contributed by atoms with Crippen molar-refractivity contribution < 1.29 is 14.3 Å². The summed E-state index contributed by atoms with van der Waals surface area (Å²) in [5, 5.41) is 2.85. The summed E-state index contributed by atoms with van der Waals surface area (Å²) < 4.78 is 5.72. The smallest absolute Gasteiger partial charge is 0.224 e. The lowest BCUT2D eigenvalue weighted by atomic mass is 10.0. The summed E-state index contributed by atoms with van der Waals surface area (Å²) >= 11 is 0. The Morgan fingerprint density at radius 3 is 3.04 bits per heavy atom. The number of benzene rings is 1. The minimum absolute atomic E-state index is 0.0614. The highest BCUT2D eigenvalue weighted by atomic mass is 16.5. The number of hydrogen-bond acceptors (Lipinski definition) is 4.